The number of hydrogen-bond acceptors (Lipinski definition) is 3. The largest absolute Gasteiger partial charge is 0.375 e. The van der Waals surface area contributed by atoms with Crippen LogP contribution < -0.4 is 5.32 Å². The van der Waals surface area contributed by atoms with E-state index in [9.17, 15) is 0 Å². The van der Waals surface area contributed by atoms with Gasteiger partial charge in [0.1, 0.15) is 0 Å². The van der Waals surface area contributed by atoms with Gasteiger partial charge in [-0.15, -0.1) is 0 Å². The highest BCUT2D eigenvalue weighted by molar-refractivity contribution is 8.00. The molecule has 0 bridgehead atoms. The number of rotatable bonds is 3. The molecule has 0 aromatic heterocycles. The van der Waals surface area contributed by atoms with Crippen LogP contribution in [-0.4, -0.2) is 35.8 Å². The Bertz CT molecular complexity index is 247. The summed E-state index contributed by atoms with van der Waals surface area (Å²) in [6.45, 7) is 2.21. The van der Waals surface area contributed by atoms with Gasteiger partial charge in [-0.3, -0.25) is 0 Å². The molecule has 2 atom stereocenters. The molecule has 1 spiro atoms. The van der Waals surface area contributed by atoms with E-state index in [2.05, 4.69) is 17.1 Å². The van der Waals surface area contributed by atoms with E-state index in [0.29, 0.717) is 0 Å². The molecule has 0 aromatic rings. The highest BCUT2D eigenvalue weighted by Crippen LogP contribution is 2.40. The topological polar surface area (TPSA) is 21.3 Å². The van der Waals surface area contributed by atoms with Crippen molar-refractivity contribution in [1.29, 1.82) is 0 Å². The first-order valence-corrected chi connectivity index (χ1v) is 8.40. The molecule has 1 N–H and O–H groups in total. The minimum atomic E-state index is 0.277. The van der Waals surface area contributed by atoms with Crippen molar-refractivity contribution in [2.45, 2.75) is 68.3 Å². The summed E-state index contributed by atoms with van der Waals surface area (Å²) in [5, 5.41) is 4.70. The average Bonchev–Trinajstić information content (AvgIpc) is 2.99. The zero-order chi connectivity index (χ0) is 11.6. The standard InChI is InChI=1S/C14H25NOS/c1-2-7-14(6-1)10-12(5-8-16-14)15-11-13-4-3-9-17-13/h12-13,15H,1-11H2. The van der Waals surface area contributed by atoms with Gasteiger partial charge in [0.15, 0.2) is 0 Å². The Morgan fingerprint density at radius 1 is 1.18 bits per heavy atom. The third kappa shape index (κ3) is 2.99. The summed E-state index contributed by atoms with van der Waals surface area (Å²) in [4.78, 5) is 0. The first kappa shape index (κ1) is 12.3. The third-order valence-corrected chi connectivity index (χ3v) is 6.06. The van der Waals surface area contributed by atoms with Crippen LogP contribution >= 0.6 is 11.8 Å². The van der Waals surface area contributed by atoms with Gasteiger partial charge >= 0.3 is 0 Å². The molecular formula is C14H25NOS. The summed E-state index contributed by atoms with van der Waals surface area (Å²) in [6.07, 6.45) is 10.7. The zero-order valence-corrected chi connectivity index (χ0v) is 11.6. The molecule has 3 rings (SSSR count). The fraction of sp³-hybridized carbons (Fsp3) is 1.00. The summed E-state index contributed by atoms with van der Waals surface area (Å²) in [5.74, 6) is 1.38. The Hall–Kier alpha value is 0.270. The predicted octanol–water partition coefficient (Wildman–Crippen LogP) is 2.96. The summed E-state index contributed by atoms with van der Waals surface area (Å²) in [5.41, 5.74) is 0.277. The molecule has 1 saturated carbocycles. The molecule has 1 aliphatic carbocycles. The molecule has 98 valence electrons. The fourth-order valence-corrected chi connectivity index (χ4v) is 4.89. The summed E-state index contributed by atoms with van der Waals surface area (Å²) in [6, 6.07) is 0.725. The molecule has 2 unspecified atom stereocenters. The fourth-order valence-electron chi connectivity index (χ4n) is 3.67. The molecule has 3 fully saturated rings. The normalized spacial score (nSPS) is 36.7. The maximum atomic E-state index is 6.08. The van der Waals surface area contributed by atoms with Crippen molar-refractivity contribution in [1.82, 2.24) is 5.32 Å². The first-order chi connectivity index (χ1) is 8.36. The maximum absolute atomic E-state index is 6.08. The van der Waals surface area contributed by atoms with Gasteiger partial charge in [-0.2, -0.15) is 11.8 Å². The van der Waals surface area contributed by atoms with Gasteiger partial charge in [0, 0.05) is 24.4 Å². The second-order valence-corrected chi connectivity index (χ2v) is 7.38. The lowest BCUT2D eigenvalue weighted by atomic mass is 9.89. The van der Waals surface area contributed by atoms with Crippen LogP contribution in [0.1, 0.15) is 51.4 Å². The number of thioether (sulfide) groups is 1. The number of hydrogen-bond donors (Lipinski definition) is 1. The molecular weight excluding hydrogens is 230 g/mol. The summed E-state index contributed by atoms with van der Waals surface area (Å²) < 4.78 is 6.08. The van der Waals surface area contributed by atoms with Crippen molar-refractivity contribution in [2.24, 2.45) is 0 Å². The van der Waals surface area contributed by atoms with Crippen molar-refractivity contribution >= 4 is 11.8 Å². The van der Waals surface area contributed by atoms with Crippen molar-refractivity contribution in [3.63, 3.8) is 0 Å². The maximum Gasteiger partial charge on any atom is 0.0697 e. The van der Waals surface area contributed by atoms with E-state index in [4.69, 9.17) is 4.74 Å². The SMILES string of the molecule is C1CSC(CNC2CCOC3(CCCC3)C2)C1. The van der Waals surface area contributed by atoms with Gasteiger partial charge in [0.2, 0.25) is 0 Å². The minimum Gasteiger partial charge on any atom is -0.375 e. The monoisotopic (exact) mass is 255 g/mol. The molecule has 17 heavy (non-hydrogen) atoms. The first-order valence-electron chi connectivity index (χ1n) is 7.35. The second-order valence-electron chi connectivity index (χ2n) is 5.97. The number of nitrogens with one attached hydrogen (secondary N) is 1. The third-order valence-electron chi connectivity index (χ3n) is 4.67. The molecule has 0 amide bonds. The van der Waals surface area contributed by atoms with Crippen molar-refractivity contribution in [3.8, 4) is 0 Å². The zero-order valence-electron chi connectivity index (χ0n) is 10.7. The molecule has 0 aromatic carbocycles. The van der Waals surface area contributed by atoms with Crippen LogP contribution in [0, 0.1) is 0 Å². The average molecular weight is 255 g/mol. The van der Waals surface area contributed by atoms with E-state index in [1.54, 1.807) is 0 Å². The van der Waals surface area contributed by atoms with E-state index < -0.39 is 0 Å². The van der Waals surface area contributed by atoms with Gasteiger partial charge in [-0.05, 0) is 44.3 Å². The lowest BCUT2D eigenvalue weighted by molar-refractivity contribution is -0.0834. The Kier molecular flexibility index (Phi) is 3.98. The van der Waals surface area contributed by atoms with Gasteiger partial charge in [0.25, 0.3) is 0 Å². The van der Waals surface area contributed by atoms with Gasteiger partial charge in [-0.25, -0.2) is 0 Å². The van der Waals surface area contributed by atoms with Gasteiger partial charge in [0.05, 0.1) is 5.60 Å². The van der Waals surface area contributed by atoms with E-state index in [1.807, 2.05) is 0 Å². The summed E-state index contributed by atoms with van der Waals surface area (Å²) >= 11 is 2.16. The van der Waals surface area contributed by atoms with E-state index in [1.165, 1.54) is 63.7 Å². The van der Waals surface area contributed by atoms with Gasteiger partial charge in [-0.1, -0.05) is 12.8 Å². The minimum absolute atomic E-state index is 0.277. The Morgan fingerprint density at radius 2 is 2.06 bits per heavy atom. The molecule has 2 saturated heterocycles. The molecule has 3 heteroatoms. The van der Waals surface area contributed by atoms with Crippen LogP contribution in [0.4, 0.5) is 0 Å². The Morgan fingerprint density at radius 3 is 2.82 bits per heavy atom. The van der Waals surface area contributed by atoms with Crippen LogP contribution in [0.2, 0.25) is 0 Å². The van der Waals surface area contributed by atoms with E-state index in [0.717, 1.165) is 17.9 Å². The highest BCUT2D eigenvalue weighted by Gasteiger charge is 2.39. The van der Waals surface area contributed by atoms with Gasteiger partial charge < -0.3 is 10.1 Å². The van der Waals surface area contributed by atoms with E-state index in [-0.39, 0.29) is 5.60 Å². The van der Waals surface area contributed by atoms with E-state index >= 15 is 0 Å². The second kappa shape index (κ2) is 5.50. The van der Waals surface area contributed by atoms with Crippen LogP contribution in [0.3, 0.4) is 0 Å². The van der Waals surface area contributed by atoms with Crippen molar-refractivity contribution in [3.05, 3.63) is 0 Å². The van der Waals surface area contributed by atoms with Crippen LogP contribution in [0.15, 0.2) is 0 Å². The predicted molar refractivity (Wildman–Crippen MR) is 73.7 cm³/mol. The van der Waals surface area contributed by atoms with Crippen molar-refractivity contribution < 1.29 is 4.74 Å². The quantitative estimate of drug-likeness (QED) is 0.838. The molecule has 3 aliphatic rings. The highest BCUT2D eigenvalue weighted by atomic mass is 32.2. The number of ether oxygens (including phenoxy) is 1. The Balaban J connectivity index is 1.46. The smallest absolute Gasteiger partial charge is 0.0697 e. The van der Waals surface area contributed by atoms with Crippen LogP contribution in [-0.2, 0) is 4.74 Å². The molecule has 2 aliphatic heterocycles. The summed E-state index contributed by atoms with van der Waals surface area (Å²) in [7, 11) is 0. The lowest BCUT2D eigenvalue weighted by Crippen LogP contribution is -2.46. The lowest BCUT2D eigenvalue weighted by Gasteiger charge is -2.39. The Labute approximate surface area is 109 Å². The molecule has 2 heterocycles. The molecule has 2 nitrogen and oxygen atoms in total. The molecule has 0 radical (unpaired) electrons. The van der Waals surface area contributed by atoms with Crippen molar-refractivity contribution in [2.75, 3.05) is 18.9 Å². The van der Waals surface area contributed by atoms with Crippen LogP contribution in [0.25, 0.3) is 0 Å². The van der Waals surface area contributed by atoms with Crippen LogP contribution in [0.5, 0.6) is 0 Å².